The van der Waals surface area contributed by atoms with Gasteiger partial charge in [0.15, 0.2) is 0 Å². The van der Waals surface area contributed by atoms with E-state index in [1.165, 1.54) is 6.07 Å². The maximum atomic E-state index is 13.6. The van der Waals surface area contributed by atoms with Crippen LogP contribution in [0.5, 0.6) is 5.75 Å². The molecule has 2 aromatic rings. The van der Waals surface area contributed by atoms with Crippen molar-refractivity contribution in [2.75, 3.05) is 12.4 Å². The molecule has 0 aromatic heterocycles. The fourth-order valence-electron chi connectivity index (χ4n) is 1.96. The fourth-order valence-corrected chi connectivity index (χ4v) is 2.49. The van der Waals surface area contributed by atoms with E-state index in [0.29, 0.717) is 10.9 Å². The summed E-state index contributed by atoms with van der Waals surface area (Å²) in [6.45, 7) is 0.223. The van der Waals surface area contributed by atoms with E-state index in [4.69, 9.17) is 9.47 Å². The molecule has 0 saturated heterocycles. The van der Waals surface area contributed by atoms with E-state index in [1.54, 1.807) is 25.3 Å². The monoisotopic (exact) mass is 338 g/mol. The summed E-state index contributed by atoms with van der Waals surface area (Å²) in [6, 6.07) is 14.3. The van der Waals surface area contributed by atoms with Crippen molar-refractivity contribution >= 4 is 15.9 Å². The van der Waals surface area contributed by atoms with Crippen LogP contribution in [-0.2, 0) is 11.3 Å². The van der Waals surface area contributed by atoms with E-state index in [1.807, 2.05) is 24.3 Å². The topological polar surface area (TPSA) is 18.5 Å². The number of halogens is 2. The van der Waals surface area contributed by atoms with Gasteiger partial charge in [-0.05, 0) is 12.1 Å². The van der Waals surface area contributed by atoms with Gasteiger partial charge >= 0.3 is 0 Å². The lowest BCUT2D eigenvalue weighted by Gasteiger charge is -2.18. The zero-order valence-corrected chi connectivity index (χ0v) is 12.8. The second kappa shape index (κ2) is 7.41. The van der Waals surface area contributed by atoms with E-state index < -0.39 is 0 Å². The Kier molecular flexibility index (Phi) is 5.56. The Balaban J connectivity index is 2.11. The van der Waals surface area contributed by atoms with Crippen LogP contribution in [0.1, 0.15) is 17.2 Å². The van der Waals surface area contributed by atoms with Gasteiger partial charge in [-0.2, -0.15) is 0 Å². The molecule has 1 atom stereocenters. The third kappa shape index (κ3) is 3.58. The van der Waals surface area contributed by atoms with E-state index in [2.05, 4.69) is 15.9 Å². The molecule has 0 N–H and O–H groups in total. The minimum Gasteiger partial charge on any atom is -0.496 e. The van der Waals surface area contributed by atoms with Gasteiger partial charge in [-0.3, -0.25) is 0 Å². The van der Waals surface area contributed by atoms with Gasteiger partial charge in [-0.1, -0.05) is 52.3 Å². The molecule has 0 heterocycles. The first-order valence-electron chi connectivity index (χ1n) is 6.30. The van der Waals surface area contributed by atoms with Crippen molar-refractivity contribution in [1.82, 2.24) is 0 Å². The Labute approximate surface area is 126 Å². The highest BCUT2D eigenvalue weighted by atomic mass is 79.9. The first-order chi connectivity index (χ1) is 9.76. The Hall–Kier alpha value is -1.39. The van der Waals surface area contributed by atoms with Gasteiger partial charge in [-0.15, -0.1) is 0 Å². The second-order valence-corrected chi connectivity index (χ2v) is 4.93. The molecule has 4 heteroatoms. The van der Waals surface area contributed by atoms with Crippen LogP contribution in [0.25, 0.3) is 0 Å². The molecule has 0 aliphatic carbocycles. The summed E-state index contributed by atoms with van der Waals surface area (Å²) in [6.07, 6.45) is -0.189. The molecule has 0 fully saturated rings. The summed E-state index contributed by atoms with van der Waals surface area (Å²) in [5.74, 6) is 0.520. The van der Waals surface area contributed by atoms with Gasteiger partial charge in [0.1, 0.15) is 11.6 Å². The molecule has 2 aromatic carbocycles. The average molecular weight is 339 g/mol. The van der Waals surface area contributed by atoms with Crippen LogP contribution in [0.4, 0.5) is 4.39 Å². The highest BCUT2D eigenvalue weighted by Gasteiger charge is 2.16. The highest BCUT2D eigenvalue weighted by molar-refractivity contribution is 9.09. The summed E-state index contributed by atoms with van der Waals surface area (Å²) < 4.78 is 24.7. The molecule has 0 radical (unpaired) electrons. The van der Waals surface area contributed by atoms with E-state index in [-0.39, 0.29) is 18.5 Å². The van der Waals surface area contributed by atoms with Gasteiger partial charge in [0, 0.05) is 16.5 Å². The van der Waals surface area contributed by atoms with Gasteiger partial charge in [-0.25, -0.2) is 4.39 Å². The molecule has 0 aliphatic rings. The van der Waals surface area contributed by atoms with Crippen LogP contribution in [0, 0.1) is 5.82 Å². The van der Waals surface area contributed by atoms with Crippen molar-refractivity contribution in [3.63, 3.8) is 0 Å². The molecule has 106 valence electrons. The quantitative estimate of drug-likeness (QED) is 0.722. The molecule has 0 bridgehead atoms. The predicted molar refractivity (Wildman–Crippen MR) is 80.7 cm³/mol. The lowest BCUT2D eigenvalue weighted by Crippen LogP contribution is -2.08. The molecule has 0 amide bonds. The van der Waals surface area contributed by atoms with Crippen molar-refractivity contribution < 1.29 is 13.9 Å². The number of para-hydroxylation sites is 1. The van der Waals surface area contributed by atoms with Crippen molar-refractivity contribution in [3.8, 4) is 5.75 Å². The van der Waals surface area contributed by atoms with Crippen LogP contribution in [0.3, 0.4) is 0 Å². The lowest BCUT2D eigenvalue weighted by atomic mass is 10.1. The summed E-state index contributed by atoms with van der Waals surface area (Å²) in [7, 11) is 1.63. The second-order valence-electron chi connectivity index (χ2n) is 4.29. The van der Waals surface area contributed by atoms with Crippen LogP contribution in [-0.4, -0.2) is 12.4 Å². The van der Waals surface area contributed by atoms with Gasteiger partial charge in [0.2, 0.25) is 0 Å². The number of hydrogen-bond donors (Lipinski definition) is 0. The predicted octanol–water partition coefficient (Wildman–Crippen LogP) is 4.49. The Bertz CT molecular complexity index is 560. The number of ether oxygens (including phenoxy) is 2. The largest absolute Gasteiger partial charge is 0.496 e. The van der Waals surface area contributed by atoms with Crippen LogP contribution >= 0.6 is 15.9 Å². The molecule has 2 nitrogen and oxygen atoms in total. The third-order valence-electron chi connectivity index (χ3n) is 3.02. The molecule has 2 rings (SSSR count). The standard InChI is InChI=1S/C16H16BrFO2/c1-19-15-9-5-3-7-13(15)16(10-17)20-11-12-6-2-4-8-14(12)18/h2-9,16H,10-11H2,1H3. The third-order valence-corrected chi connectivity index (χ3v) is 3.61. The number of methoxy groups -OCH3 is 1. The van der Waals surface area contributed by atoms with E-state index in [0.717, 1.165) is 11.3 Å². The van der Waals surface area contributed by atoms with Gasteiger partial charge in [0.05, 0.1) is 19.8 Å². The average Bonchev–Trinajstić information content (AvgIpc) is 2.50. The minimum absolute atomic E-state index is 0.189. The maximum absolute atomic E-state index is 13.6. The summed E-state index contributed by atoms with van der Waals surface area (Å²) in [4.78, 5) is 0. The van der Waals surface area contributed by atoms with Crippen LogP contribution in [0.2, 0.25) is 0 Å². The Morgan fingerprint density at radius 2 is 1.80 bits per heavy atom. The van der Waals surface area contributed by atoms with E-state index >= 15 is 0 Å². The normalized spacial score (nSPS) is 12.2. The zero-order chi connectivity index (χ0) is 14.4. The molecule has 20 heavy (non-hydrogen) atoms. The zero-order valence-electron chi connectivity index (χ0n) is 11.2. The van der Waals surface area contributed by atoms with Crippen molar-refractivity contribution in [3.05, 3.63) is 65.5 Å². The number of rotatable bonds is 6. The SMILES string of the molecule is COc1ccccc1C(CBr)OCc1ccccc1F. The highest BCUT2D eigenvalue weighted by Crippen LogP contribution is 2.29. The first kappa shape index (κ1) is 15.0. The molecular weight excluding hydrogens is 323 g/mol. The summed E-state index contributed by atoms with van der Waals surface area (Å²) in [5, 5.41) is 0.613. The summed E-state index contributed by atoms with van der Waals surface area (Å²) in [5.41, 5.74) is 1.50. The Morgan fingerprint density at radius 3 is 2.50 bits per heavy atom. The summed E-state index contributed by atoms with van der Waals surface area (Å²) >= 11 is 3.43. The van der Waals surface area contributed by atoms with Crippen molar-refractivity contribution in [1.29, 1.82) is 0 Å². The van der Waals surface area contributed by atoms with Gasteiger partial charge in [0.25, 0.3) is 0 Å². The molecule has 0 aliphatic heterocycles. The molecule has 1 unspecified atom stereocenters. The molecular formula is C16H16BrFO2. The maximum Gasteiger partial charge on any atom is 0.128 e. The Morgan fingerprint density at radius 1 is 1.10 bits per heavy atom. The smallest absolute Gasteiger partial charge is 0.128 e. The first-order valence-corrected chi connectivity index (χ1v) is 7.42. The molecule has 0 spiro atoms. The number of benzene rings is 2. The van der Waals surface area contributed by atoms with Crippen molar-refractivity contribution in [2.45, 2.75) is 12.7 Å². The minimum atomic E-state index is -0.249. The van der Waals surface area contributed by atoms with Crippen molar-refractivity contribution in [2.24, 2.45) is 0 Å². The van der Waals surface area contributed by atoms with Crippen LogP contribution < -0.4 is 4.74 Å². The van der Waals surface area contributed by atoms with Gasteiger partial charge < -0.3 is 9.47 Å². The number of hydrogen-bond acceptors (Lipinski definition) is 2. The molecule has 0 saturated carbocycles. The lowest BCUT2D eigenvalue weighted by molar-refractivity contribution is 0.0533. The fraction of sp³-hybridized carbons (Fsp3) is 0.250. The number of alkyl halides is 1. The van der Waals surface area contributed by atoms with E-state index in [9.17, 15) is 4.39 Å². The van der Waals surface area contributed by atoms with Crippen LogP contribution in [0.15, 0.2) is 48.5 Å².